The third-order valence-electron chi connectivity index (χ3n) is 3.40. The molecule has 108 valence electrons. The van der Waals surface area contributed by atoms with Crippen molar-refractivity contribution in [1.82, 2.24) is 10.2 Å². The van der Waals surface area contributed by atoms with Crippen LogP contribution in [-0.4, -0.2) is 15.3 Å². The van der Waals surface area contributed by atoms with Crippen molar-refractivity contribution in [2.24, 2.45) is 0 Å². The number of phenolic OH excluding ortho intramolecular Hbond substituents is 1. The number of hydrogen-bond donors (Lipinski definition) is 3. The molecule has 0 radical (unpaired) electrons. The average molecular weight is 283 g/mol. The first-order valence-electron chi connectivity index (χ1n) is 6.76. The van der Waals surface area contributed by atoms with Crippen molar-refractivity contribution in [3.8, 4) is 17.2 Å². The summed E-state index contributed by atoms with van der Waals surface area (Å²) < 4.78 is 5.62. The molecule has 0 amide bonds. The number of furan rings is 1. The van der Waals surface area contributed by atoms with Crippen LogP contribution in [0.5, 0.6) is 5.75 Å². The molecule has 21 heavy (non-hydrogen) atoms. The first-order valence-corrected chi connectivity index (χ1v) is 6.76. The summed E-state index contributed by atoms with van der Waals surface area (Å²) in [5.41, 5.74) is 3.59. The van der Waals surface area contributed by atoms with Gasteiger partial charge in [-0.05, 0) is 37.6 Å². The first-order chi connectivity index (χ1) is 10.1. The van der Waals surface area contributed by atoms with Gasteiger partial charge < -0.3 is 14.8 Å². The highest BCUT2D eigenvalue weighted by Gasteiger charge is 2.11. The van der Waals surface area contributed by atoms with Crippen molar-refractivity contribution in [2.45, 2.75) is 20.4 Å². The molecule has 0 saturated heterocycles. The van der Waals surface area contributed by atoms with Gasteiger partial charge in [-0.25, -0.2) is 0 Å². The molecule has 0 atom stereocenters. The van der Waals surface area contributed by atoms with Crippen LogP contribution in [0.1, 0.15) is 16.9 Å². The molecule has 0 aliphatic rings. The molecule has 3 N–H and O–H groups in total. The maximum absolute atomic E-state index is 9.72. The van der Waals surface area contributed by atoms with E-state index in [1.165, 1.54) is 0 Å². The topological polar surface area (TPSA) is 74.1 Å². The fourth-order valence-corrected chi connectivity index (χ4v) is 2.14. The van der Waals surface area contributed by atoms with Crippen LogP contribution in [0.2, 0.25) is 0 Å². The summed E-state index contributed by atoms with van der Waals surface area (Å²) in [5.74, 6) is 1.92. The monoisotopic (exact) mass is 283 g/mol. The number of aromatic amines is 1. The number of nitrogens with one attached hydrogen (secondary N) is 2. The van der Waals surface area contributed by atoms with Gasteiger partial charge in [-0.1, -0.05) is 6.07 Å². The number of aromatic hydroxyl groups is 1. The van der Waals surface area contributed by atoms with E-state index in [4.69, 9.17) is 4.42 Å². The smallest absolute Gasteiger partial charge is 0.152 e. The minimum absolute atomic E-state index is 0.286. The number of hydrogen-bond acceptors (Lipinski definition) is 4. The zero-order valence-electron chi connectivity index (χ0n) is 12.0. The van der Waals surface area contributed by atoms with Gasteiger partial charge in [0.2, 0.25) is 0 Å². The SMILES string of the molecule is Cc1ccc(-c2[nH]ncc2CNc2ccc(C)c(O)c2)o1. The molecule has 1 aromatic carbocycles. The Morgan fingerprint density at radius 3 is 2.81 bits per heavy atom. The van der Waals surface area contributed by atoms with Gasteiger partial charge in [0.15, 0.2) is 5.76 Å². The van der Waals surface area contributed by atoms with Crippen LogP contribution in [0, 0.1) is 13.8 Å². The molecule has 0 fully saturated rings. The minimum Gasteiger partial charge on any atom is -0.508 e. The number of benzene rings is 1. The zero-order chi connectivity index (χ0) is 14.8. The van der Waals surface area contributed by atoms with Crippen LogP contribution in [0.15, 0.2) is 40.9 Å². The summed E-state index contributed by atoms with van der Waals surface area (Å²) in [6.45, 7) is 4.37. The largest absolute Gasteiger partial charge is 0.508 e. The molecule has 0 spiro atoms. The van der Waals surface area contributed by atoms with E-state index in [1.807, 2.05) is 38.1 Å². The summed E-state index contributed by atoms with van der Waals surface area (Å²) in [5, 5.41) is 20.0. The van der Waals surface area contributed by atoms with Crippen molar-refractivity contribution in [3.05, 3.63) is 53.4 Å². The van der Waals surface area contributed by atoms with E-state index in [9.17, 15) is 5.11 Å². The van der Waals surface area contributed by atoms with E-state index in [1.54, 1.807) is 12.3 Å². The summed E-state index contributed by atoms with van der Waals surface area (Å²) in [4.78, 5) is 0. The third-order valence-corrected chi connectivity index (χ3v) is 3.40. The molecule has 0 aliphatic carbocycles. The molecule has 0 saturated carbocycles. The van der Waals surface area contributed by atoms with Crippen molar-refractivity contribution in [3.63, 3.8) is 0 Å². The third kappa shape index (κ3) is 2.76. The van der Waals surface area contributed by atoms with Crippen LogP contribution in [-0.2, 0) is 6.54 Å². The molecular formula is C16H17N3O2. The van der Waals surface area contributed by atoms with Crippen molar-refractivity contribution in [1.29, 1.82) is 0 Å². The highest BCUT2D eigenvalue weighted by molar-refractivity contribution is 5.58. The number of nitrogens with zero attached hydrogens (tertiary/aromatic N) is 1. The number of aromatic nitrogens is 2. The molecular weight excluding hydrogens is 266 g/mol. The van der Waals surface area contributed by atoms with Crippen molar-refractivity contribution < 1.29 is 9.52 Å². The first kappa shape index (κ1) is 13.3. The summed E-state index contributed by atoms with van der Waals surface area (Å²) in [6.07, 6.45) is 1.77. The molecule has 5 nitrogen and oxygen atoms in total. The Morgan fingerprint density at radius 1 is 1.24 bits per heavy atom. The van der Waals surface area contributed by atoms with E-state index in [-0.39, 0.29) is 5.75 Å². The lowest BCUT2D eigenvalue weighted by Gasteiger charge is -2.07. The second-order valence-corrected chi connectivity index (χ2v) is 5.04. The van der Waals surface area contributed by atoms with E-state index < -0.39 is 0 Å². The second-order valence-electron chi connectivity index (χ2n) is 5.04. The fraction of sp³-hybridized carbons (Fsp3) is 0.188. The molecule has 3 aromatic rings. The average Bonchev–Trinajstić information content (AvgIpc) is 3.08. The predicted octanol–water partition coefficient (Wildman–Crippen LogP) is 3.60. The molecule has 2 heterocycles. The van der Waals surface area contributed by atoms with Gasteiger partial charge in [0.25, 0.3) is 0 Å². The van der Waals surface area contributed by atoms with Crippen LogP contribution in [0.3, 0.4) is 0 Å². The zero-order valence-corrected chi connectivity index (χ0v) is 12.0. The lowest BCUT2D eigenvalue weighted by Crippen LogP contribution is -1.99. The van der Waals surface area contributed by atoms with Gasteiger partial charge in [0.1, 0.15) is 17.2 Å². The number of anilines is 1. The molecule has 2 aromatic heterocycles. The number of phenols is 1. The predicted molar refractivity (Wildman–Crippen MR) is 81.2 cm³/mol. The van der Waals surface area contributed by atoms with Crippen molar-refractivity contribution in [2.75, 3.05) is 5.32 Å². The Hall–Kier alpha value is -2.69. The fourth-order valence-electron chi connectivity index (χ4n) is 2.14. The Bertz CT molecular complexity index is 758. The number of aryl methyl sites for hydroxylation is 2. The molecule has 3 rings (SSSR count). The summed E-state index contributed by atoms with van der Waals surface area (Å²) in [6, 6.07) is 9.37. The minimum atomic E-state index is 0.286. The molecule has 0 bridgehead atoms. The molecule has 5 heteroatoms. The number of H-pyrrole nitrogens is 1. The van der Waals surface area contributed by atoms with Gasteiger partial charge in [0, 0.05) is 23.9 Å². The van der Waals surface area contributed by atoms with Gasteiger partial charge >= 0.3 is 0 Å². The summed E-state index contributed by atoms with van der Waals surface area (Å²) in [7, 11) is 0. The lowest BCUT2D eigenvalue weighted by molar-refractivity contribution is 0.471. The Labute approximate surface area is 122 Å². The Kier molecular flexibility index (Phi) is 3.39. The highest BCUT2D eigenvalue weighted by atomic mass is 16.3. The van der Waals surface area contributed by atoms with E-state index in [2.05, 4.69) is 15.5 Å². The van der Waals surface area contributed by atoms with Gasteiger partial charge in [-0.3, -0.25) is 5.10 Å². The lowest BCUT2D eigenvalue weighted by atomic mass is 10.2. The maximum atomic E-state index is 9.72. The van der Waals surface area contributed by atoms with Gasteiger partial charge in [-0.2, -0.15) is 5.10 Å². The van der Waals surface area contributed by atoms with Crippen LogP contribution < -0.4 is 5.32 Å². The normalized spacial score (nSPS) is 10.8. The van der Waals surface area contributed by atoms with Crippen LogP contribution >= 0.6 is 0 Å². The van der Waals surface area contributed by atoms with Crippen molar-refractivity contribution >= 4 is 5.69 Å². The van der Waals surface area contributed by atoms with E-state index in [0.717, 1.165) is 34.0 Å². The van der Waals surface area contributed by atoms with E-state index in [0.29, 0.717) is 6.54 Å². The Balaban J connectivity index is 1.77. The molecule has 0 unspecified atom stereocenters. The second kappa shape index (κ2) is 5.36. The maximum Gasteiger partial charge on any atom is 0.152 e. The summed E-state index contributed by atoms with van der Waals surface area (Å²) >= 11 is 0. The standard InChI is InChI=1S/C16H17N3O2/c1-10-3-5-13(7-14(10)20)17-8-12-9-18-19-16(12)15-6-4-11(2)21-15/h3-7,9,17,20H,8H2,1-2H3,(H,18,19). The highest BCUT2D eigenvalue weighted by Crippen LogP contribution is 2.25. The molecule has 0 aliphatic heterocycles. The van der Waals surface area contributed by atoms with Gasteiger partial charge in [0.05, 0.1) is 6.20 Å². The van der Waals surface area contributed by atoms with Crippen LogP contribution in [0.4, 0.5) is 5.69 Å². The quantitative estimate of drug-likeness (QED) is 0.684. The van der Waals surface area contributed by atoms with Gasteiger partial charge in [-0.15, -0.1) is 0 Å². The Morgan fingerprint density at radius 2 is 2.10 bits per heavy atom. The van der Waals surface area contributed by atoms with E-state index >= 15 is 0 Å². The number of rotatable bonds is 4. The van der Waals surface area contributed by atoms with Crippen LogP contribution in [0.25, 0.3) is 11.5 Å².